The molecule has 0 aromatic heterocycles. The molecule has 2 N–H and O–H groups in total. The van der Waals surface area contributed by atoms with E-state index in [1.807, 2.05) is 12.1 Å². The Morgan fingerprint density at radius 1 is 1.19 bits per heavy atom. The number of nitrogens with zero attached hydrogens (tertiary/aromatic N) is 1. The highest BCUT2D eigenvalue weighted by atomic mass is 32.2. The number of anilines is 1. The molecule has 0 saturated carbocycles. The first-order valence-corrected chi connectivity index (χ1v) is 10.3. The molecule has 0 spiro atoms. The van der Waals surface area contributed by atoms with Gasteiger partial charge in [-0.2, -0.15) is 4.72 Å². The van der Waals surface area contributed by atoms with E-state index in [0.29, 0.717) is 23.6 Å². The number of ether oxygens (including phenoxy) is 1. The van der Waals surface area contributed by atoms with Crippen LogP contribution in [0.2, 0.25) is 0 Å². The number of carbonyl (C=O) groups is 1. The smallest absolute Gasteiger partial charge is 0.303 e. The largest absolute Gasteiger partial charge is 0.481 e. The lowest BCUT2D eigenvalue weighted by Gasteiger charge is -2.33. The maximum atomic E-state index is 12.6. The Bertz CT molecular complexity index is 972. The van der Waals surface area contributed by atoms with Crippen LogP contribution in [0.15, 0.2) is 47.4 Å². The number of carboxylic acids is 1. The number of hydrogen-bond donors (Lipinski definition) is 2. The minimum atomic E-state index is -3.56. The molecule has 2 aliphatic rings. The number of rotatable bonds is 5. The van der Waals surface area contributed by atoms with Crippen molar-refractivity contribution in [1.29, 1.82) is 0 Å². The lowest BCUT2D eigenvalue weighted by molar-refractivity contribution is -0.136. The van der Waals surface area contributed by atoms with Gasteiger partial charge in [0, 0.05) is 19.0 Å². The Labute approximate surface area is 157 Å². The van der Waals surface area contributed by atoms with Gasteiger partial charge in [0.15, 0.2) is 0 Å². The van der Waals surface area contributed by atoms with Crippen molar-refractivity contribution in [3.63, 3.8) is 0 Å². The molecule has 0 amide bonds. The van der Waals surface area contributed by atoms with Crippen LogP contribution in [-0.4, -0.2) is 32.2 Å². The number of benzene rings is 2. The number of sulfonamides is 1. The molecule has 2 heterocycles. The predicted molar refractivity (Wildman–Crippen MR) is 99.6 cm³/mol. The van der Waals surface area contributed by atoms with E-state index in [-0.39, 0.29) is 17.5 Å². The van der Waals surface area contributed by atoms with Crippen LogP contribution >= 0.6 is 0 Å². The van der Waals surface area contributed by atoms with Crippen LogP contribution in [0.25, 0.3) is 0 Å². The van der Waals surface area contributed by atoms with Gasteiger partial charge >= 0.3 is 5.97 Å². The Balaban J connectivity index is 1.55. The fourth-order valence-electron chi connectivity index (χ4n) is 3.54. The van der Waals surface area contributed by atoms with Crippen LogP contribution < -0.4 is 14.4 Å². The lowest BCUT2D eigenvalue weighted by Crippen LogP contribution is -2.48. The van der Waals surface area contributed by atoms with Crippen molar-refractivity contribution in [3.8, 4) is 11.5 Å². The highest BCUT2D eigenvalue weighted by Gasteiger charge is 2.37. The maximum Gasteiger partial charge on any atom is 0.303 e. The molecule has 142 valence electrons. The van der Waals surface area contributed by atoms with Crippen molar-refractivity contribution in [2.45, 2.75) is 36.7 Å². The van der Waals surface area contributed by atoms with Gasteiger partial charge in [0.1, 0.15) is 16.4 Å². The average molecular weight is 388 g/mol. The topological polar surface area (TPSA) is 95.9 Å². The normalized spacial score (nSPS) is 20.0. The minimum Gasteiger partial charge on any atom is -0.481 e. The van der Waals surface area contributed by atoms with Crippen LogP contribution in [0.3, 0.4) is 0 Å². The first-order valence-electron chi connectivity index (χ1n) is 8.84. The molecule has 2 aromatic rings. The van der Waals surface area contributed by atoms with Gasteiger partial charge in [-0.05, 0) is 49.1 Å². The summed E-state index contributed by atoms with van der Waals surface area (Å²) in [4.78, 5) is 13.0. The Morgan fingerprint density at radius 2 is 1.93 bits per heavy atom. The number of aliphatic carboxylic acids is 1. The average Bonchev–Trinajstić information content (AvgIpc) is 3.09. The van der Waals surface area contributed by atoms with Gasteiger partial charge in [-0.3, -0.25) is 4.79 Å². The second-order valence-corrected chi connectivity index (χ2v) is 8.42. The van der Waals surface area contributed by atoms with Crippen molar-refractivity contribution in [2.24, 2.45) is 0 Å². The molecule has 2 aliphatic heterocycles. The van der Waals surface area contributed by atoms with Crippen molar-refractivity contribution < 1.29 is 23.1 Å². The molecule has 27 heavy (non-hydrogen) atoms. The second-order valence-electron chi connectivity index (χ2n) is 6.74. The van der Waals surface area contributed by atoms with Gasteiger partial charge in [-0.1, -0.05) is 12.1 Å². The second kappa shape index (κ2) is 6.86. The zero-order valence-electron chi connectivity index (χ0n) is 14.6. The van der Waals surface area contributed by atoms with E-state index in [9.17, 15) is 13.2 Å². The van der Waals surface area contributed by atoms with E-state index < -0.39 is 16.0 Å². The molecule has 1 atom stereocenters. The van der Waals surface area contributed by atoms with Gasteiger partial charge in [0.25, 0.3) is 0 Å². The molecule has 4 rings (SSSR count). The number of carboxylic acid groups (broad SMARTS) is 1. The van der Waals surface area contributed by atoms with E-state index in [1.54, 1.807) is 30.3 Å². The summed E-state index contributed by atoms with van der Waals surface area (Å²) in [5, 5.41) is 8.74. The standard InChI is InChI=1S/C19H20N2O5S/c22-19(23)10-5-13-3-6-14(7-4-13)26-15-8-9-16-17(12-15)27(24,25)20-18-2-1-11-21(16)18/h3-4,6-9,12,18,20H,1-2,5,10-11H2,(H,22,23). The SMILES string of the molecule is O=C(O)CCc1ccc(Oc2ccc3c(c2)S(=O)(=O)NC2CCCN32)cc1. The zero-order chi connectivity index (χ0) is 19.0. The van der Waals surface area contributed by atoms with Crippen molar-refractivity contribution >= 4 is 21.7 Å². The third-order valence-corrected chi connectivity index (χ3v) is 6.35. The summed E-state index contributed by atoms with van der Waals surface area (Å²) >= 11 is 0. The van der Waals surface area contributed by atoms with E-state index in [2.05, 4.69) is 9.62 Å². The summed E-state index contributed by atoms with van der Waals surface area (Å²) in [6, 6.07) is 12.2. The Morgan fingerprint density at radius 3 is 2.67 bits per heavy atom. The number of nitrogens with one attached hydrogen (secondary N) is 1. The molecule has 0 bridgehead atoms. The predicted octanol–water partition coefficient (Wildman–Crippen LogP) is 2.71. The van der Waals surface area contributed by atoms with E-state index in [4.69, 9.17) is 9.84 Å². The highest BCUT2D eigenvalue weighted by molar-refractivity contribution is 7.89. The molecular weight excluding hydrogens is 368 g/mol. The zero-order valence-corrected chi connectivity index (χ0v) is 15.4. The first-order chi connectivity index (χ1) is 12.9. The number of aryl methyl sites for hydroxylation is 1. The number of hydrogen-bond acceptors (Lipinski definition) is 5. The third-order valence-electron chi connectivity index (χ3n) is 4.86. The van der Waals surface area contributed by atoms with Gasteiger partial charge in [-0.15, -0.1) is 0 Å². The molecule has 0 aliphatic carbocycles. The van der Waals surface area contributed by atoms with Gasteiger partial charge in [0.05, 0.1) is 11.9 Å². The van der Waals surface area contributed by atoms with Crippen LogP contribution in [0.5, 0.6) is 11.5 Å². The molecule has 1 fully saturated rings. The molecule has 8 heteroatoms. The summed E-state index contributed by atoms with van der Waals surface area (Å²) in [5.74, 6) is 0.170. The quantitative estimate of drug-likeness (QED) is 0.818. The number of fused-ring (bicyclic) bond motifs is 3. The Hall–Kier alpha value is -2.58. The highest BCUT2D eigenvalue weighted by Crippen LogP contribution is 2.38. The fraction of sp³-hybridized carbons (Fsp3) is 0.316. The van der Waals surface area contributed by atoms with Crippen LogP contribution in [0.1, 0.15) is 24.8 Å². The lowest BCUT2D eigenvalue weighted by atomic mass is 10.1. The molecule has 2 aromatic carbocycles. The van der Waals surface area contributed by atoms with E-state index in [1.165, 1.54) is 0 Å². The molecule has 1 unspecified atom stereocenters. The Kier molecular flexibility index (Phi) is 4.53. The molecule has 7 nitrogen and oxygen atoms in total. The van der Waals surface area contributed by atoms with Crippen LogP contribution in [0, 0.1) is 0 Å². The van der Waals surface area contributed by atoms with Crippen molar-refractivity contribution in [2.75, 3.05) is 11.4 Å². The maximum absolute atomic E-state index is 12.6. The summed E-state index contributed by atoms with van der Waals surface area (Å²) < 4.78 is 33.6. The van der Waals surface area contributed by atoms with Gasteiger partial charge < -0.3 is 14.7 Å². The van der Waals surface area contributed by atoms with Gasteiger partial charge in [0.2, 0.25) is 10.0 Å². The minimum absolute atomic E-state index is 0.0768. The fourth-order valence-corrected chi connectivity index (χ4v) is 5.00. The molecule has 0 radical (unpaired) electrons. The van der Waals surface area contributed by atoms with Crippen LogP contribution in [-0.2, 0) is 21.2 Å². The van der Waals surface area contributed by atoms with Crippen LogP contribution in [0.4, 0.5) is 5.69 Å². The van der Waals surface area contributed by atoms with E-state index in [0.717, 1.165) is 24.9 Å². The van der Waals surface area contributed by atoms with E-state index >= 15 is 0 Å². The first kappa shape index (κ1) is 17.8. The summed E-state index contributed by atoms with van der Waals surface area (Å²) in [6.45, 7) is 0.832. The van der Waals surface area contributed by atoms with Crippen molar-refractivity contribution in [3.05, 3.63) is 48.0 Å². The third kappa shape index (κ3) is 3.63. The summed E-state index contributed by atoms with van der Waals surface area (Å²) in [6.07, 6.45) is 2.14. The molecule has 1 saturated heterocycles. The summed E-state index contributed by atoms with van der Waals surface area (Å²) in [7, 11) is -3.56. The summed E-state index contributed by atoms with van der Waals surface area (Å²) in [5.41, 5.74) is 1.62. The van der Waals surface area contributed by atoms with Gasteiger partial charge in [-0.25, -0.2) is 8.42 Å². The monoisotopic (exact) mass is 388 g/mol. The van der Waals surface area contributed by atoms with Crippen molar-refractivity contribution in [1.82, 2.24) is 4.72 Å². The molecular formula is C19H20N2O5S.